The number of aromatic nitrogens is 2. The molecular weight excluding hydrogens is 234 g/mol. The Balaban J connectivity index is 2.06. The van der Waals surface area contributed by atoms with Gasteiger partial charge in [-0.15, -0.1) is 0 Å². The molecule has 1 heterocycles. The van der Waals surface area contributed by atoms with E-state index in [4.69, 9.17) is 5.73 Å². The first-order chi connectivity index (χ1) is 9.15. The van der Waals surface area contributed by atoms with Gasteiger partial charge in [-0.05, 0) is 29.3 Å². The second kappa shape index (κ2) is 4.52. The average Bonchev–Trinajstić information content (AvgIpc) is 2.76. The van der Waals surface area contributed by atoms with Gasteiger partial charge in [-0.25, -0.2) is 0 Å². The average molecular weight is 251 g/mol. The number of fused-ring (bicyclic) bond motifs is 1. The Morgan fingerprint density at radius 2 is 1.84 bits per heavy atom. The summed E-state index contributed by atoms with van der Waals surface area (Å²) in [5.74, 6) is 0. The highest BCUT2D eigenvalue weighted by molar-refractivity contribution is 5.83. The minimum atomic E-state index is -0.127. The molecular formula is C16H17N3. The van der Waals surface area contributed by atoms with Crippen molar-refractivity contribution in [2.24, 2.45) is 12.8 Å². The summed E-state index contributed by atoms with van der Waals surface area (Å²) in [5, 5.41) is 6.81. The van der Waals surface area contributed by atoms with Crippen LogP contribution in [0.5, 0.6) is 0 Å². The maximum absolute atomic E-state index is 6.37. The first-order valence-electron chi connectivity index (χ1n) is 6.39. The molecule has 2 aromatic carbocycles. The third-order valence-electron chi connectivity index (χ3n) is 3.52. The number of benzene rings is 2. The molecule has 1 aromatic heterocycles. The third kappa shape index (κ3) is 2.13. The van der Waals surface area contributed by atoms with Crippen LogP contribution in [-0.2, 0) is 7.05 Å². The maximum atomic E-state index is 6.37. The van der Waals surface area contributed by atoms with Gasteiger partial charge in [0.15, 0.2) is 0 Å². The molecule has 1 atom stereocenters. The number of aryl methyl sites for hydroxylation is 2. The number of nitrogens with two attached hydrogens (primary N) is 1. The zero-order chi connectivity index (χ0) is 13.4. The van der Waals surface area contributed by atoms with Crippen molar-refractivity contribution < 1.29 is 0 Å². The van der Waals surface area contributed by atoms with Crippen LogP contribution >= 0.6 is 0 Å². The summed E-state index contributed by atoms with van der Waals surface area (Å²) in [6.07, 6.45) is 2.00. The van der Waals surface area contributed by atoms with E-state index in [1.165, 1.54) is 10.8 Å². The molecule has 0 saturated carbocycles. The fourth-order valence-corrected chi connectivity index (χ4v) is 2.50. The Labute approximate surface area is 112 Å². The monoisotopic (exact) mass is 251 g/mol. The van der Waals surface area contributed by atoms with Crippen molar-refractivity contribution in [2.45, 2.75) is 13.0 Å². The number of nitrogens with zero attached hydrogens (tertiary/aromatic N) is 2. The van der Waals surface area contributed by atoms with Crippen molar-refractivity contribution in [3.05, 3.63) is 65.5 Å². The molecule has 0 amide bonds. The van der Waals surface area contributed by atoms with E-state index in [2.05, 4.69) is 35.4 Å². The third-order valence-corrected chi connectivity index (χ3v) is 3.52. The van der Waals surface area contributed by atoms with Crippen molar-refractivity contribution >= 4 is 10.8 Å². The van der Waals surface area contributed by atoms with E-state index in [0.29, 0.717) is 0 Å². The van der Waals surface area contributed by atoms with E-state index >= 15 is 0 Å². The Morgan fingerprint density at radius 3 is 2.53 bits per heavy atom. The first-order valence-corrected chi connectivity index (χ1v) is 6.39. The van der Waals surface area contributed by atoms with E-state index < -0.39 is 0 Å². The van der Waals surface area contributed by atoms with Gasteiger partial charge in [0.1, 0.15) is 0 Å². The second-order valence-electron chi connectivity index (χ2n) is 4.93. The van der Waals surface area contributed by atoms with Crippen molar-refractivity contribution in [2.75, 3.05) is 0 Å². The highest BCUT2D eigenvalue weighted by Gasteiger charge is 2.14. The second-order valence-corrected chi connectivity index (χ2v) is 4.93. The van der Waals surface area contributed by atoms with Crippen molar-refractivity contribution in [3.8, 4) is 0 Å². The molecule has 3 rings (SSSR count). The summed E-state index contributed by atoms with van der Waals surface area (Å²) < 4.78 is 1.81. The summed E-state index contributed by atoms with van der Waals surface area (Å²) in [7, 11) is 1.92. The standard InChI is InChI=1S/C16H17N3/c1-11-15(10-19(2)18-11)16(17)14-8-7-12-5-3-4-6-13(12)9-14/h3-10,16H,17H2,1-2H3. The van der Waals surface area contributed by atoms with Crippen LogP contribution < -0.4 is 5.73 Å². The van der Waals surface area contributed by atoms with Crippen LogP contribution in [0.1, 0.15) is 22.9 Å². The molecule has 96 valence electrons. The smallest absolute Gasteiger partial charge is 0.0644 e. The molecule has 0 fully saturated rings. The van der Waals surface area contributed by atoms with E-state index in [1.54, 1.807) is 0 Å². The summed E-state index contributed by atoms with van der Waals surface area (Å²) in [4.78, 5) is 0. The van der Waals surface area contributed by atoms with Crippen LogP contribution in [-0.4, -0.2) is 9.78 Å². The highest BCUT2D eigenvalue weighted by atomic mass is 15.2. The van der Waals surface area contributed by atoms with E-state index in [9.17, 15) is 0 Å². The Bertz CT molecular complexity index is 728. The molecule has 3 aromatic rings. The van der Waals surface area contributed by atoms with Gasteiger partial charge in [0.25, 0.3) is 0 Å². The Kier molecular flexibility index (Phi) is 2.84. The molecule has 19 heavy (non-hydrogen) atoms. The maximum Gasteiger partial charge on any atom is 0.0644 e. The lowest BCUT2D eigenvalue weighted by Crippen LogP contribution is -2.12. The van der Waals surface area contributed by atoms with Crippen molar-refractivity contribution in [1.29, 1.82) is 0 Å². The fraction of sp³-hybridized carbons (Fsp3) is 0.188. The lowest BCUT2D eigenvalue weighted by molar-refractivity contribution is 0.756. The minimum Gasteiger partial charge on any atom is -0.320 e. The van der Waals surface area contributed by atoms with E-state index in [-0.39, 0.29) is 6.04 Å². The summed E-state index contributed by atoms with van der Waals surface area (Å²) >= 11 is 0. The van der Waals surface area contributed by atoms with Crippen LogP contribution in [0.4, 0.5) is 0 Å². The van der Waals surface area contributed by atoms with Crippen LogP contribution in [0, 0.1) is 6.92 Å². The largest absolute Gasteiger partial charge is 0.320 e. The Hall–Kier alpha value is -2.13. The van der Waals surface area contributed by atoms with Gasteiger partial charge in [-0.1, -0.05) is 36.4 Å². The molecule has 0 spiro atoms. The van der Waals surface area contributed by atoms with E-state index in [0.717, 1.165) is 16.8 Å². The van der Waals surface area contributed by atoms with E-state index in [1.807, 2.05) is 37.0 Å². The molecule has 0 bridgehead atoms. The van der Waals surface area contributed by atoms with Gasteiger partial charge in [-0.2, -0.15) is 5.10 Å². The normalized spacial score (nSPS) is 12.8. The molecule has 3 heteroatoms. The lowest BCUT2D eigenvalue weighted by atomic mass is 9.97. The lowest BCUT2D eigenvalue weighted by Gasteiger charge is -2.12. The topological polar surface area (TPSA) is 43.8 Å². The van der Waals surface area contributed by atoms with Crippen molar-refractivity contribution in [3.63, 3.8) is 0 Å². The molecule has 0 aliphatic heterocycles. The molecule has 0 saturated heterocycles. The fourth-order valence-electron chi connectivity index (χ4n) is 2.50. The molecule has 2 N–H and O–H groups in total. The number of hydrogen-bond acceptors (Lipinski definition) is 2. The number of hydrogen-bond donors (Lipinski definition) is 1. The predicted molar refractivity (Wildman–Crippen MR) is 77.9 cm³/mol. The Morgan fingerprint density at radius 1 is 1.11 bits per heavy atom. The van der Waals surface area contributed by atoms with Crippen LogP contribution in [0.3, 0.4) is 0 Å². The summed E-state index contributed by atoms with van der Waals surface area (Å²) in [6.45, 7) is 2.00. The van der Waals surface area contributed by atoms with Gasteiger partial charge < -0.3 is 5.73 Å². The number of rotatable bonds is 2. The van der Waals surface area contributed by atoms with Gasteiger partial charge in [0.05, 0.1) is 11.7 Å². The zero-order valence-corrected chi connectivity index (χ0v) is 11.2. The summed E-state index contributed by atoms with van der Waals surface area (Å²) in [6, 6.07) is 14.6. The van der Waals surface area contributed by atoms with Crippen LogP contribution in [0.15, 0.2) is 48.7 Å². The van der Waals surface area contributed by atoms with Gasteiger partial charge in [0, 0.05) is 18.8 Å². The quantitative estimate of drug-likeness (QED) is 0.761. The van der Waals surface area contributed by atoms with Crippen LogP contribution in [0.2, 0.25) is 0 Å². The molecule has 3 nitrogen and oxygen atoms in total. The van der Waals surface area contributed by atoms with Crippen LogP contribution in [0.25, 0.3) is 10.8 Å². The van der Waals surface area contributed by atoms with Gasteiger partial charge in [-0.3, -0.25) is 4.68 Å². The highest BCUT2D eigenvalue weighted by Crippen LogP contribution is 2.25. The van der Waals surface area contributed by atoms with Gasteiger partial charge >= 0.3 is 0 Å². The SMILES string of the molecule is Cc1nn(C)cc1C(N)c1ccc2ccccc2c1. The minimum absolute atomic E-state index is 0.127. The molecule has 0 aliphatic rings. The summed E-state index contributed by atoms with van der Waals surface area (Å²) in [5.41, 5.74) is 9.56. The van der Waals surface area contributed by atoms with Crippen molar-refractivity contribution in [1.82, 2.24) is 9.78 Å². The molecule has 0 aliphatic carbocycles. The zero-order valence-electron chi connectivity index (χ0n) is 11.2. The molecule has 0 radical (unpaired) electrons. The van der Waals surface area contributed by atoms with Gasteiger partial charge in [0.2, 0.25) is 0 Å². The first kappa shape index (κ1) is 11.9. The molecule has 1 unspecified atom stereocenters. The predicted octanol–water partition coefficient (Wildman–Crippen LogP) is 2.93.